The molecule has 158 valence electrons. The molecule has 0 nitrogen and oxygen atoms in total. The molecule has 0 aromatic heterocycles. The monoisotopic (exact) mass is 406 g/mol. The molecule has 2 aliphatic carbocycles. The first-order chi connectivity index (χ1) is 14.0. The molecule has 2 aromatic carbocycles. The normalized spacial score (nSPS) is 27.2. The van der Waals surface area contributed by atoms with Gasteiger partial charge in [-0.3, -0.25) is 0 Å². The Morgan fingerprint density at radius 3 is 2.34 bits per heavy atom. The Bertz CT molecular complexity index is 875. The van der Waals surface area contributed by atoms with Gasteiger partial charge in [0.05, 0.1) is 5.39 Å². The van der Waals surface area contributed by atoms with Crippen LogP contribution in [-0.2, 0) is 0 Å². The number of fused-ring (bicyclic) bond motifs is 2. The van der Waals surface area contributed by atoms with Crippen LogP contribution >= 0.6 is 0 Å². The quantitative estimate of drug-likeness (QED) is 0.266. The third kappa shape index (κ3) is 4.18. The summed E-state index contributed by atoms with van der Waals surface area (Å²) in [6.07, 6.45) is 12.3. The van der Waals surface area contributed by atoms with Crippen molar-refractivity contribution < 1.29 is 17.6 Å². The van der Waals surface area contributed by atoms with Gasteiger partial charge in [0, 0.05) is 0 Å². The van der Waals surface area contributed by atoms with Crippen LogP contribution in [0.3, 0.4) is 0 Å². The highest BCUT2D eigenvalue weighted by molar-refractivity contribution is 5.84. The molecule has 2 aromatic rings. The molecule has 0 spiro atoms. The molecule has 29 heavy (non-hydrogen) atoms. The van der Waals surface area contributed by atoms with Crippen molar-refractivity contribution in [3.8, 4) is 0 Å². The van der Waals surface area contributed by atoms with Crippen LogP contribution < -0.4 is 0 Å². The smallest absolute Gasteiger partial charge is 0.195 e. The van der Waals surface area contributed by atoms with E-state index < -0.39 is 28.7 Å². The third-order valence-electron chi connectivity index (χ3n) is 7.46. The van der Waals surface area contributed by atoms with E-state index in [0.29, 0.717) is 5.92 Å². The van der Waals surface area contributed by atoms with Crippen molar-refractivity contribution in [1.29, 1.82) is 0 Å². The van der Waals surface area contributed by atoms with Gasteiger partial charge in [-0.1, -0.05) is 45.1 Å². The first-order valence-corrected chi connectivity index (χ1v) is 11.2. The lowest BCUT2D eigenvalue weighted by atomic mass is 9.63. The zero-order valence-electron chi connectivity index (χ0n) is 17.1. The van der Waals surface area contributed by atoms with Crippen LogP contribution in [0.25, 0.3) is 10.8 Å². The topological polar surface area (TPSA) is 0 Å². The van der Waals surface area contributed by atoms with Gasteiger partial charge >= 0.3 is 0 Å². The zero-order valence-corrected chi connectivity index (χ0v) is 17.1. The lowest BCUT2D eigenvalue weighted by molar-refractivity contribution is 0.113. The number of halogens is 4. The predicted molar refractivity (Wildman–Crippen MR) is 109 cm³/mol. The van der Waals surface area contributed by atoms with Crippen LogP contribution in [0.15, 0.2) is 18.2 Å². The maximum Gasteiger partial charge on any atom is 0.195 e. The second kappa shape index (κ2) is 8.65. The molecule has 0 bridgehead atoms. The van der Waals surface area contributed by atoms with Crippen LogP contribution in [0.4, 0.5) is 17.6 Å². The number of unbranched alkanes of at least 4 members (excludes halogenated alkanes) is 2. The van der Waals surface area contributed by atoms with E-state index in [2.05, 4.69) is 6.92 Å². The Hall–Kier alpha value is -1.58. The van der Waals surface area contributed by atoms with E-state index in [1.54, 1.807) is 6.07 Å². The zero-order chi connectivity index (χ0) is 20.5. The largest absolute Gasteiger partial charge is 0.206 e. The van der Waals surface area contributed by atoms with Crippen molar-refractivity contribution in [3.63, 3.8) is 0 Å². The van der Waals surface area contributed by atoms with E-state index in [1.807, 2.05) is 0 Å². The molecule has 0 radical (unpaired) electrons. The Kier molecular flexibility index (Phi) is 6.17. The number of hydrogen-bond donors (Lipinski definition) is 0. The molecule has 4 unspecified atom stereocenters. The average Bonchev–Trinajstić information content (AvgIpc) is 2.71. The summed E-state index contributed by atoms with van der Waals surface area (Å²) >= 11 is 0. The van der Waals surface area contributed by atoms with Crippen LogP contribution in [0, 0.1) is 41.0 Å². The summed E-state index contributed by atoms with van der Waals surface area (Å²) in [6.45, 7) is 2.24. The summed E-state index contributed by atoms with van der Waals surface area (Å²) < 4.78 is 55.7. The van der Waals surface area contributed by atoms with Gasteiger partial charge in [0.15, 0.2) is 17.5 Å². The standard InChI is InChI=1S/C25H30F4/c1-2-3-4-5-15-6-7-17-11-18(9-8-16(17)10-15)19-12-20-14-22(27)24(28)25(29)23(20)21(26)13-19/h12-18H,2-11H2,1H3. The Labute approximate surface area is 170 Å². The fraction of sp³-hybridized carbons (Fsp3) is 0.600. The van der Waals surface area contributed by atoms with Crippen molar-refractivity contribution in [3.05, 3.63) is 47.0 Å². The molecule has 0 saturated heterocycles. The van der Waals surface area contributed by atoms with E-state index in [-0.39, 0.29) is 11.3 Å². The first kappa shape index (κ1) is 20.7. The molecule has 2 saturated carbocycles. The fourth-order valence-corrected chi connectivity index (χ4v) is 5.88. The molecule has 0 heterocycles. The average molecular weight is 407 g/mol. The Balaban J connectivity index is 1.49. The highest BCUT2D eigenvalue weighted by atomic mass is 19.2. The molecular weight excluding hydrogens is 376 g/mol. The van der Waals surface area contributed by atoms with Gasteiger partial charge in [0.1, 0.15) is 5.82 Å². The summed E-state index contributed by atoms with van der Waals surface area (Å²) in [7, 11) is 0. The SMILES string of the molecule is CCCCCC1CCC2CC(c3cc(F)c4c(F)c(F)c(F)cc4c3)CCC2C1. The second-order valence-corrected chi connectivity index (χ2v) is 9.29. The number of benzene rings is 2. The minimum atomic E-state index is -1.61. The van der Waals surface area contributed by atoms with Crippen LogP contribution in [0.1, 0.15) is 82.6 Å². The molecule has 2 aliphatic rings. The molecular formula is C25H30F4. The maximum atomic E-state index is 14.6. The van der Waals surface area contributed by atoms with E-state index in [0.717, 1.165) is 42.7 Å². The van der Waals surface area contributed by atoms with Crippen LogP contribution in [0.2, 0.25) is 0 Å². The Morgan fingerprint density at radius 2 is 1.55 bits per heavy atom. The molecule has 0 amide bonds. The number of hydrogen-bond acceptors (Lipinski definition) is 0. The van der Waals surface area contributed by atoms with Crippen LogP contribution in [-0.4, -0.2) is 0 Å². The van der Waals surface area contributed by atoms with Gasteiger partial charge in [-0.05, 0) is 78.9 Å². The van der Waals surface area contributed by atoms with Gasteiger partial charge < -0.3 is 0 Å². The summed E-state index contributed by atoms with van der Waals surface area (Å²) in [5.74, 6) is -2.61. The molecule has 4 atom stereocenters. The summed E-state index contributed by atoms with van der Waals surface area (Å²) in [6, 6.07) is 3.91. The minimum Gasteiger partial charge on any atom is -0.206 e. The molecule has 2 fully saturated rings. The lowest BCUT2D eigenvalue weighted by Crippen LogP contribution is -2.30. The molecule has 0 aliphatic heterocycles. The summed E-state index contributed by atoms with van der Waals surface area (Å²) in [5, 5.41) is -0.341. The van der Waals surface area contributed by atoms with Crippen LogP contribution in [0.5, 0.6) is 0 Å². The summed E-state index contributed by atoms with van der Waals surface area (Å²) in [4.78, 5) is 0. The first-order valence-electron chi connectivity index (χ1n) is 11.2. The van der Waals surface area contributed by atoms with Crippen molar-refractivity contribution >= 4 is 10.8 Å². The highest BCUT2D eigenvalue weighted by Gasteiger charge is 2.36. The van der Waals surface area contributed by atoms with Gasteiger partial charge in [0.2, 0.25) is 0 Å². The van der Waals surface area contributed by atoms with E-state index in [4.69, 9.17) is 0 Å². The maximum absolute atomic E-state index is 14.6. The van der Waals surface area contributed by atoms with E-state index >= 15 is 0 Å². The Morgan fingerprint density at radius 1 is 0.793 bits per heavy atom. The van der Waals surface area contributed by atoms with Crippen molar-refractivity contribution in [1.82, 2.24) is 0 Å². The van der Waals surface area contributed by atoms with Crippen molar-refractivity contribution in [2.45, 2.75) is 77.0 Å². The highest BCUT2D eigenvalue weighted by Crippen LogP contribution is 2.48. The minimum absolute atomic E-state index is 0.109. The molecule has 4 rings (SSSR count). The van der Waals surface area contributed by atoms with E-state index in [9.17, 15) is 17.6 Å². The van der Waals surface area contributed by atoms with Gasteiger partial charge in [-0.15, -0.1) is 0 Å². The van der Waals surface area contributed by atoms with E-state index in [1.165, 1.54) is 51.0 Å². The fourth-order valence-electron chi connectivity index (χ4n) is 5.88. The predicted octanol–water partition coefficient (Wildman–Crippen LogP) is 8.28. The van der Waals surface area contributed by atoms with Crippen molar-refractivity contribution in [2.75, 3.05) is 0 Å². The third-order valence-corrected chi connectivity index (χ3v) is 7.46. The second-order valence-electron chi connectivity index (χ2n) is 9.29. The summed E-state index contributed by atoms with van der Waals surface area (Å²) in [5.41, 5.74) is 0.795. The number of rotatable bonds is 5. The van der Waals surface area contributed by atoms with Crippen molar-refractivity contribution in [2.24, 2.45) is 17.8 Å². The molecule has 0 N–H and O–H groups in total. The van der Waals surface area contributed by atoms with Gasteiger partial charge in [-0.25, -0.2) is 17.6 Å². The van der Waals surface area contributed by atoms with Gasteiger partial charge in [0.25, 0.3) is 0 Å². The lowest BCUT2D eigenvalue weighted by Gasteiger charge is -2.42. The van der Waals surface area contributed by atoms with Gasteiger partial charge in [-0.2, -0.15) is 0 Å². The molecule has 4 heteroatoms.